The monoisotopic (exact) mass is 488 g/mol. The number of ether oxygens (including phenoxy) is 2. The molecule has 0 bridgehead atoms. The van der Waals surface area contributed by atoms with E-state index in [0.717, 1.165) is 56.0 Å². The van der Waals surface area contributed by atoms with E-state index in [1.54, 1.807) is 14.2 Å². The van der Waals surface area contributed by atoms with E-state index in [2.05, 4.69) is 32.7 Å². The molecule has 1 unspecified atom stereocenters. The van der Waals surface area contributed by atoms with E-state index in [-0.39, 0.29) is 24.0 Å². The van der Waals surface area contributed by atoms with E-state index < -0.39 is 0 Å². The fourth-order valence-corrected chi connectivity index (χ4v) is 3.50. The molecule has 1 aliphatic carbocycles. The highest BCUT2D eigenvalue weighted by molar-refractivity contribution is 14.0. The zero-order valence-electron chi connectivity index (χ0n) is 16.7. The minimum absolute atomic E-state index is 0. The minimum atomic E-state index is 0. The smallest absolute Gasteiger partial charge is 0.191 e. The van der Waals surface area contributed by atoms with Crippen LogP contribution in [0.15, 0.2) is 23.2 Å². The van der Waals surface area contributed by atoms with E-state index in [1.807, 2.05) is 13.1 Å². The maximum Gasteiger partial charge on any atom is 0.191 e. The highest BCUT2D eigenvalue weighted by Gasteiger charge is 2.24. The Labute approximate surface area is 180 Å². The first-order valence-electron chi connectivity index (χ1n) is 9.61. The molecule has 2 fully saturated rings. The number of halogens is 1. The second kappa shape index (κ2) is 10.9. The Balaban J connectivity index is 0.00000261. The molecule has 1 aliphatic heterocycles. The summed E-state index contributed by atoms with van der Waals surface area (Å²) in [6, 6.07) is 6.52. The van der Waals surface area contributed by atoms with Gasteiger partial charge >= 0.3 is 0 Å². The number of nitrogens with zero attached hydrogens (tertiary/aromatic N) is 2. The summed E-state index contributed by atoms with van der Waals surface area (Å²) in [5.74, 6) is 3.56. The highest BCUT2D eigenvalue weighted by Crippen LogP contribution is 2.31. The van der Waals surface area contributed by atoms with Crippen LogP contribution < -0.4 is 20.1 Å². The minimum Gasteiger partial charge on any atom is -0.497 e. The predicted octanol–water partition coefficient (Wildman–Crippen LogP) is 2.86. The fourth-order valence-electron chi connectivity index (χ4n) is 3.50. The second-order valence-electron chi connectivity index (χ2n) is 7.32. The number of hydrogen-bond acceptors (Lipinski definition) is 4. The fraction of sp³-hybridized carbons (Fsp3) is 0.650. The van der Waals surface area contributed by atoms with E-state index in [9.17, 15) is 0 Å². The molecule has 1 saturated carbocycles. The van der Waals surface area contributed by atoms with E-state index in [1.165, 1.54) is 24.8 Å². The van der Waals surface area contributed by atoms with Gasteiger partial charge in [-0.15, -0.1) is 24.0 Å². The van der Waals surface area contributed by atoms with Crippen molar-refractivity contribution in [3.05, 3.63) is 23.8 Å². The summed E-state index contributed by atoms with van der Waals surface area (Å²) >= 11 is 0. The van der Waals surface area contributed by atoms with Crippen molar-refractivity contribution in [3.8, 4) is 11.5 Å². The van der Waals surface area contributed by atoms with Crippen molar-refractivity contribution >= 4 is 29.9 Å². The molecule has 2 N–H and O–H groups in total. The normalized spacial score (nSPS) is 20.1. The molecule has 1 aromatic rings. The maximum atomic E-state index is 5.37. The van der Waals surface area contributed by atoms with Gasteiger partial charge in [0, 0.05) is 45.3 Å². The molecule has 2 aliphatic rings. The molecule has 1 aromatic carbocycles. The molecule has 7 heteroatoms. The van der Waals surface area contributed by atoms with Gasteiger partial charge in [0.05, 0.1) is 14.2 Å². The van der Waals surface area contributed by atoms with Crippen molar-refractivity contribution in [2.75, 3.05) is 40.9 Å². The summed E-state index contributed by atoms with van der Waals surface area (Å²) in [5, 5.41) is 7.02. The quantitative estimate of drug-likeness (QED) is 0.335. The number of guanidine groups is 1. The van der Waals surface area contributed by atoms with Gasteiger partial charge < -0.3 is 20.1 Å². The van der Waals surface area contributed by atoms with Crippen LogP contribution in [0.25, 0.3) is 0 Å². The molecule has 0 aromatic heterocycles. The summed E-state index contributed by atoms with van der Waals surface area (Å²) in [6.07, 6.45) is 5.19. The molecule has 3 rings (SSSR count). The lowest BCUT2D eigenvalue weighted by Gasteiger charge is -2.19. The Hall–Kier alpha value is -1.22. The van der Waals surface area contributed by atoms with E-state index in [4.69, 9.17) is 9.47 Å². The van der Waals surface area contributed by atoms with Crippen molar-refractivity contribution < 1.29 is 9.47 Å². The second-order valence-corrected chi connectivity index (χ2v) is 7.32. The first-order valence-corrected chi connectivity index (χ1v) is 9.61. The van der Waals surface area contributed by atoms with Crippen molar-refractivity contribution in [3.63, 3.8) is 0 Å². The van der Waals surface area contributed by atoms with Gasteiger partial charge in [-0.05, 0) is 36.5 Å². The van der Waals surface area contributed by atoms with Crippen LogP contribution in [-0.2, 0) is 6.54 Å². The van der Waals surface area contributed by atoms with Crippen LogP contribution in [0.3, 0.4) is 0 Å². The van der Waals surface area contributed by atoms with Gasteiger partial charge in [0.2, 0.25) is 0 Å². The van der Waals surface area contributed by atoms with Crippen molar-refractivity contribution in [1.82, 2.24) is 15.5 Å². The summed E-state index contributed by atoms with van der Waals surface area (Å²) in [5.41, 5.74) is 1.22. The first-order chi connectivity index (χ1) is 12.7. The number of benzene rings is 1. The molecule has 27 heavy (non-hydrogen) atoms. The van der Waals surface area contributed by atoms with Crippen molar-refractivity contribution in [1.29, 1.82) is 0 Å². The summed E-state index contributed by atoms with van der Waals surface area (Å²) < 4.78 is 10.7. The van der Waals surface area contributed by atoms with Gasteiger partial charge in [-0.3, -0.25) is 9.89 Å². The van der Waals surface area contributed by atoms with Gasteiger partial charge in [-0.25, -0.2) is 0 Å². The van der Waals surface area contributed by atoms with Crippen molar-refractivity contribution in [2.24, 2.45) is 10.9 Å². The van der Waals surface area contributed by atoms with Crippen LogP contribution in [0.5, 0.6) is 11.5 Å². The molecule has 0 spiro atoms. The maximum absolute atomic E-state index is 5.37. The number of likely N-dealkylation sites (tertiary alicyclic amines) is 1. The van der Waals surface area contributed by atoms with Crippen LogP contribution in [-0.4, -0.2) is 57.8 Å². The topological polar surface area (TPSA) is 58.1 Å². The van der Waals surface area contributed by atoms with Crippen LogP contribution in [0, 0.1) is 5.92 Å². The number of rotatable bonds is 8. The Morgan fingerprint density at radius 3 is 2.44 bits per heavy atom. The third-order valence-corrected chi connectivity index (χ3v) is 5.20. The third-order valence-electron chi connectivity index (χ3n) is 5.20. The van der Waals surface area contributed by atoms with Crippen LogP contribution in [0.1, 0.15) is 31.2 Å². The average Bonchev–Trinajstić information content (AvgIpc) is 3.39. The number of aliphatic imine (C=N–C) groups is 1. The van der Waals surface area contributed by atoms with Crippen LogP contribution in [0.2, 0.25) is 0 Å². The van der Waals surface area contributed by atoms with Gasteiger partial charge in [0.1, 0.15) is 11.5 Å². The summed E-state index contributed by atoms with van der Waals surface area (Å²) in [7, 11) is 5.23. The van der Waals surface area contributed by atoms with Gasteiger partial charge in [-0.2, -0.15) is 0 Å². The Bertz CT molecular complexity index is 600. The Morgan fingerprint density at radius 2 is 1.85 bits per heavy atom. The van der Waals surface area contributed by atoms with Crippen LogP contribution >= 0.6 is 24.0 Å². The van der Waals surface area contributed by atoms with Gasteiger partial charge in [-0.1, -0.05) is 12.8 Å². The number of methoxy groups -OCH3 is 2. The molecule has 1 atom stereocenters. The molecule has 1 heterocycles. The molecule has 0 amide bonds. The SMILES string of the molecule is CN=C(NCCC1CC1)NC1CCN(Cc2cc(OC)cc(OC)c2)C1.I. The standard InChI is InChI=1S/C20H32N4O2.HI/c1-21-20(22-8-6-15-4-5-15)23-17-7-9-24(14-17)13-16-10-18(25-2)12-19(11-16)26-3;/h10-12,15,17H,4-9,13-14H2,1-3H3,(H2,21,22,23);1H. The number of hydrogen-bond donors (Lipinski definition) is 2. The van der Waals surface area contributed by atoms with Gasteiger partial charge in [0.15, 0.2) is 5.96 Å². The zero-order chi connectivity index (χ0) is 18.4. The molecule has 152 valence electrons. The molecule has 6 nitrogen and oxygen atoms in total. The molecular formula is C20H33IN4O2. The predicted molar refractivity (Wildman–Crippen MR) is 120 cm³/mol. The highest BCUT2D eigenvalue weighted by atomic mass is 127. The van der Waals surface area contributed by atoms with Gasteiger partial charge in [0.25, 0.3) is 0 Å². The molecular weight excluding hydrogens is 455 g/mol. The largest absolute Gasteiger partial charge is 0.497 e. The lowest BCUT2D eigenvalue weighted by Crippen LogP contribution is -2.44. The summed E-state index contributed by atoms with van der Waals surface area (Å²) in [6.45, 7) is 4.02. The average molecular weight is 488 g/mol. The zero-order valence-corrected chi connectivity index (χ0v) is 19.0. The Kier molecular flexibility index (Phi) is 8.95. The Morgan fingerprint density at radius 1 is 1.15 bits per heavy atom. The lowest BCUT2D eigenvalue weighted by molar-refractivity contribution is 0.321. The molecule has 1 saturated heterocycles. The van der Waals surface area contributed by atoms with Crippen LogP contribution in [0.4, 0.5) is 0 Å². The molecule has 0 radical (unpaired) electrons. The van der Waals surface area contributed by atoms with E-state index >= 15 is 0 Å². The van der Waals surface area contributed by atoms with Crippen molar-refractivity contribution in [2.45, 2.75) is 38.3 Å². The lowest BCUT2D eigenvalue weighted by atomic mass is 10.2. The summed E-state index contributed by atoms with van der Waals surface area (Å²) in [4.78, 5) is 6.83. The number of nitrogens with one attached hydrogen (secondary N) is 2. The third kappa shape index (κ3) is 7.03. The van der Waals surface area contributed by atoms with E-state index in [0.29, 0.717) is 6.04 Å². The first kappa shape index (κ1) is 22.1.